The van der Waals surface area contributed by atoms with E-state index in [1.54, 1.807) is 0 Å². The minimum absolute atomic E-state index is 0.206. The van der Waals surface area contributed by atoms with Crippen LogP contribution < -0.4 is 9.47 Å². The molecule has 1 aliphatic carbocycles. The topological polar surface area (TPSA) is 36.9 Å². The van der Waals surface area contributed by atoms with E-state index in [0.29, 0.717) is 12.2 Å². The third-order valence-corrected chi connectivity index (χ3v) is 7.54. The van der Waals surface area contributed by atoms with Gasteiger partial charge in [-0.1, -0.05) is 44.2 Å². The summed E-state index contributed by atoms with van der Waals surface area (Å²) >= 11 is 0. The molecule has 4 nitrogen and oxygen atoms in total. The fourth-order valence-electron chi connectivity index (χ4n) is 5.23. The first-order chi connectivity index (χ1) is 19.7. The number of alkyl halides is 3. The average Bonchev–Trinajstić information content (AvgIpc) is 3.20. The smallest absolute Gasteiger partial charge is 0.494 e. The van der Waals surface area contributed by atoms with Gasteiger partial charge >= 0.3 is 6.36 Å². The van der Waals surface area contributed by atoms with Crippen LogP contribution in [0.15, 0.2) is 60.7 Å². The van der Waals surface area contributed by atoms with E-state index in [1.807, 2.05) is 12.1 Å². The molecule has 0 spiro atoms. The lowest BCUT2D eigenvalue weighted by Gasteiger charge is -2.37. The molecule has 0 amide bonds. The van der Waals surface area contributed by atoms with Crippen molar-refractivity contribution in [2.75, 3.05) is 33.0 Å². The van der Waals surface area contributed by atoms with E-state index in [2.05, 4.69) is 54.7 Å². The lowest BCUT2D eigenvalue weighted by molar-refractivity contribution is -0.274. The molecule has 3 aromatic rings. The molecule has 1 saturated heterocycles. The van der Waals surface area contributed by atoms with E-state index in [-0.39, 0.29) is 17.1 Å². The van der Waals surface area contributed by atoms with Gasteiger partial charge < -0.3 is 18.9 Å². The summed E-state index contributed by atoms with van der Waals surface area (Å²) in [5.74, 6) is 6.99. The van der Waals surface area contributed by atoms with E-state index in [0.717, 1.165) is 63.4 Å². The third kappa shape index (κ3) is 7.63. The summed E-state index contributed by atoms with van der Waals surface area (Å²) in [4.78, 5) is 0. The van der Waals surface area contributed by atoms with E-state index >= 15 is 0 Å². The predicted octanol–water partition coefficient (Wildman–Crippen LogP) is 8.11. The lowest BCUT2D eigenvalue weighted by Crippen LogP contribution is -2.43. The third-order valence-electron chi connectivity index (χ3n) is 7.54. The fourth-order valence-corrected chi connectivity index (χ4v) is 5.23. The average molecular weight is 565 g/mol. The minimum Gasteiger partial charge on any atom is -0.494 e. The molecule has 0 aromatic heterocycles. The Balaban J connectivity index is 1.10. The summed E-state index contributed by atoms with van der Waals surface area (Å²) in [5.41, 5.74) is 6.54. The van der Waals surface area contributed by atoms with Gasteiger partial charge in [0.2, 0.25) is 0 Å². The highest BCUT2D eigenvalue weighted by Gasteiger charge is 2.33. The second-order valence-corrected chi connectivity index (χ2v) is 11.2. The Hall–Kier alpha value is -3.47. The standard InChI is InChI=1S/C34H35F3O4/c1-24-31-19-26(8-7-25-9-12-27(13-10-25)41-34(35,36)37)11-15-29(31)30-16-14-28(20-32(24)30)40-18-6-4-3-5-17-38-21-33(2)22-39-23-33/h9-16,19-20,24H,3-6,17-18,21-23H2,1-2H3. The van der Waals surface area contributed by atoms with Crippen molar-refractivity contribution in [3.8, 4) is 34.5 Å². The molecule has 5 rings (SSSR count). The zero-order valence-corrected chi connectivity index (χ0v) is 23.5. The van der Waals surface area contributed by atoms with Crippen LogP contribution >= 0.6 is 0 Å². The Bertz CT molecular complexity index is 1400. The molecule has 0 N–H and O–H groups in total. The van der Waals surface area contributed by atoms with Gasteiger partial charge in [0.1, 0.15) is 11.5 Å². The molecular weight excluding hydrogens is 529 g/mol. The van der Waals surface area contributed by atoms with Crippen molar-refractivity contribution in [1.82, 2.24) is 0 Å². The molecule has 1 aliphatic heterocycles. The molecule has 3 aromatic carbocycles. The number of ether oxygens (including phenoxy) is 4. The quantitative estimate of drug-likeness (QED) is 0.174. The summed E-state index contributed by atoms with van der Waals surface area (Å²) in [6.45, 7) is 8.29. The van der Waals surface area contributed by atoms with E-state index in [1.165, 1.54) is 46.5 Å². The molecule has 1 fully saturated rings. The summed E-state index contributed by atoms with van der Waals surface area (Å²) < 4.78 is 58.2. The number of hydrogen-bond acceptors (Lipinski definition) is 4. The van der Waals surface area contributed by atoms with Gasteiger partial charge in [-0.2, -0.15) is 0 Å². The van der Waals surface area contributed by atoms with Gasteiger partial charge in [-0.25, -0.2) is 0 Å². The zero-order valence-electron chi connectivity index (χ0n) is 23.5. The van der Waals surface area contributed by atoms with Gasteiger partial charge in [0.15, 0.2) is 0 Å². The van der Waals surface area contributed by atoms with Crippen LogP contribution in [-0.2, 0) is 9.47 Å². The van der Waals surface area contributed by atoms with Crippen molar-refractivity contribution in [1.29, 1.82) is 0 Å². The Morgan fingerprint density at radius 2 is 1.41 bits per heavy atom. The highest BCUT2D eigenvalue weighted by atomic mass is 19.4. The van der Waals surface area contributed by atoms with Crippen LogP contribution in [0.5, 0.6) is 11.5 Å². The number of halogens is 3. The highest BCUT2D eigenvalue weighted by molar-refractivity contribution is 5.80. The molecule has 0 saturated carbocycles. The molecule has 1 atom stereocenters. The monoisotopic (exact) mass is 564 g/mol. The van der Waals surface area contributed by atoms with Gasteiger partial charge in [0.05, 0.1) is 26.4 Å². The van der Waals surface area contributed by atoms with Crippen molar-refractivity contribution >= 4 is 0 Å². The van der Waals surface area contributed by atoms with Crippen LogP contribution in [0.3, 0.4) is 0 Å². The largest absolute Gasteiger partial charge is 0.573 e. The molecule has 1 unspecified atom stereocenters. The highest BCUT2D eigenvalue weighted by Crippen LogP contribution is 2.46. The van der Waals surface area contributed by atoms with Crippen molar-refractivity contribution in [2.24, 2.45) is 5.41 Å². The number of rotatable bonds is 11. The maximum Gasteiger partial charge on any atom is 0.573 e. The maximum absolute atomic E-state index is 12.4. The minimum atomic E-state index is -4.71. The first-order valence-corrected chi connectivity index (χ1v) is 14.1. The van der Waals surface area contributed by atoms with Gasteiger partial charge in [0.25, 0.3) is 0 Å². The molecule has 2 aliphatic rings. The van der Waals surface area contributed by atoms with Crippen molar-refractivity contribution in [3.63, 3.8) is 0 Å². The fraction of sp³-hybridized carbons (Fsp3) is 0.412. The van der Waals surface area contributed by atoms with Crippen LogP contribution in [-0.4, -0.2) is 39.4 Å². The van der Waals surface area contributed by atoms with Gasteiger partial charge in [0, 0.05) is 29.1 Å². The Morgan fingerprint density at radius 3 is 2.10 bits per heavy atom. The van der Waals surface area contributed by atoms with Crippen LogP contribution in [0.4, 0.5) is 13.2 Å². The SMILES string of the molecule is CC1c2cc(C#Cc3ccc(OC(F)(F)F)cc3)ccc2-c2ccc(OCCCCCCOCC3(C)COC3)cc21. The maximum atomic E-state index is 12.4. The van der Waals surface area contributed by atoms with Crippen LogP contribution in [0.25, 0.3) is 11.1 Å². The van der Waals surface area contributed by atoms with Crippen LogP contribution in [0, 0.1) is 17.3 Å². The first kappa shape index (κ1) is 29.0. The van der Waals surface area contributed by atoms with Crippen molar-refractivity contribution in [3.05, 3.63) is 82.9 Å². The van der Waals surface area contributed by atoms with Crippen LogP contribution in [0.1, 0.15) is 67.7 Å². The van der Waals surface area contributed by atoms with E-state index < -0.39 is 6.36 Å². The van der Waals surface area contributed by atoms with E-state index in [9.17, 15) is 13.2 Å². The lowest BCUT2D eigenvalue weighted by atomic mass is 9.90. The Morgan fingerprint density at radius 1 is 0.805 bits per heavy atom. The first-order valence-electron chi connectivity index (χ1n) is 14.1. The second-order valence-electron chi connectivity index (χ2n) is 11.2. The summed E-state index contributed by atoms with van der Waals surface area (Å²) in [5, 5.41) is 0. The summed E-state index contributed by atoms with van der Waals surface area (Å²) in [6, 6.07) is 18.1. The predicted molar refractivity (Wildman–Crippen MR) is 152 cm³/mol. The van der Waals surface area contributed by atoms with Crippen LogP contribution in [0.2, 0.25) is 0 Å². The Kier molecular flexibility index (Phi) is 8.91. The zero-order chi connectivity index (χ0) is 28.9. The van der Waals surface area contributed by atoms with Gasteiger partial charge in [-0.05, 0) is 90.0 Å². The molecule has 216 valence electrons. The number of unbranched alkanes of at least 4 members (excludes halogenated alkanes) is 3. The number of benzene rings is 3. The molecular formula is C34H35F3O4. The van der Waals surface area contributed by atoms with Gasteiger partial charge in [-0.3, -0.25) is 0 Å². The molecule has 1 heterocycles. The van der Waals surface area contributed by atoms with Crippen molar-refractivity contribution < 1.29 is 32.1 Å². The molecule has 0 bridgehead atoms. The Labute approximate surface area is 239 Å². The summed E-state index contributed by atoms with van der Waals surface area (Å²) in [7, 11) is 0. The second kappa shape index (κ2) is 12.6. The van der Waals surface area contributed by atoms with Gasteiger partial charge in [-0.15, -0.1) is 13.2 Å². The molecule has 41 heavy (non-hydrogen) atoms. The normalized spacial score (nSPS) is 16.7. The van der Waals surface area contributed by atoms with E-state index in [4.69, 9.17) is 14.2 Å². The summed E-state index contributed by atoms with van der Waals surface area (Å²) in [6.07, 6.45) is -0.375. The molecule has 7 heteroatoms. The van der Waals surface area contributed by atoms with Crippen molar-refractivity contribution in [2.45, 2.75) is 51.8 Å². The number of fused-ring (bicyclic) bond motifs is 3. The molecule has 0 radical (unpaired) electrons. The number of hydrogen-bond donors (Lipinski definition) is 0.